The number of aromatic nitrogens is 1. The Hall–Kier alpha value is -1.02. The van der Waals surface area contributed by atoms with Crippen molar-refractivity contribution in [3.05, 3.63) is 35.7 Å². The minimum atomic E-state index is -0.125. The number of hydrogen-bond donors (Lipinski definition) is 0. The van der Waals surface area contributed by atoms with Crippen LogP contribution in [0.2, 0.25) is 0 Å². The van der Waals surface area contributed by atoms with Crippen LogP contribution in [0.5, 0.6) is 5.75 Å². The number of aryl methyl sites for hydroxylation is 1. The topological polar surface area (TPSA) is 22.1 Å². The third-order valence-electron chi connectivity index (χ3n) is 3.12. The van der Waals surface area contributed by atoms with Crippen molar-refractivity contribution in [1.82, 2.24) is 4.98 Å². The number of nitrogens with zero attached hydrogens (tertiary/aromatic N) is 1. The summed E-state index contributed by atoms with van der Waals surface area (Å²) in [6.07, 6.45) is 4.52. The van der Waals surface area contributed by atoms with Crippen LogP contribution in [0.15, 0.2) is 18.9 Å². The van der Waals surface area contributed by atoms with Crippen molar-refractivity contribution >= 4 is 11.6 Å². The van der Waals surface area contributed by atoms with Gasteiger partial charge in [0.2, 0.25) is 0 Å². The number of rotatable bonds is 5. The second-order valence-corrected chi connectivity index (χ2v) is 4.98. The van der Waals surface area contributed by atoms with Gasteiger partial charge in [-0.25, -0.2) is 0 Å². The normalized spacial score (nSPS) is 14.2. The highest BCUT2D eigenvalue weighted by Crippen LogP contribution is 2.30. The molecule has 0 fully saturated rings. The largest absolute Gasteiger partial charge is 0.496 e. The van der Waals surface area contributed by atoms with Gasteiger partial charge in [0.25, 0.3) is 0 Å². The van der Waals surface area contributed by atoms with E-state index in [1.807, 2.05) is 26.1 Å². The standard InChI is InChI=1S/C14H20ClNO/c1-6-14(4,9-15)7-12-11(3)13(17-5)10(2)8-16-12/h6,8H,1,7,9H2,2-5H3. The van der Waals surface area contributed by atoms with Crippen LogP contribution in [-0.2, 0) is 6.42 Å². The molecule has 0 aliphatic rings. The van der Waals surface area contributed by atoms with Crippen molar-refractivity contribution < 1.29 is 4.74 Å². The van der Waals surface area contributed by atoms with Crippen molar-refractivity contribution in [1.29, 1.82) is 0 Å². The Morgan fingerprint density at radius 1 is 1.53 bits per heavy atom. The lowest BCUT2D eigenvalue weighted by Crippen LogP contribution is -2.20. The molecule has 0 spiro atoms. The minimum Gasteiger partial charge on any atom is -0.496 e. The predicted octanol–water partition coefficient (Wildman–Crippen LogP) is 3.68. The van der Waals surface area contributed by atoms with Gasteiger partial charge in [-0.2, -0.15) is 0 Å². The van der Waals surface area contributed by atoms with Crippen LogP contribution in [0.1, 0.15) is 23.7 Å². The van der Waals surface area contributed by atoms with E-state index in [1.54, 1.807) is 7.11 Å². The quantitative estimate of drug-likeness (QED) is 0.590. The highest BCUT2D eigenvalue weighted by Gasteiger charge is 2.22. The van der Waals surface area contributed by atoms with E-state index in [0.717, 1.165) is 29.0 Å². The van der Waals surface area contributed by atoms with Crippen LogP contribution >= 0.6 is 11.6 Å². The number of ether oxygens (including phenoxy) is 1. The van der Waals surface area contributed by atoms with Gasteiger partial charge in [-0.3, -0.25) is 4.98 Å². The summed E-state index contributed by atoms with van der Waals surface area (Å²) in [7, 11) is 1.69. The highest BCUT2D eigenvalue weighted by molar-refractivity contribution is 6.18. The fraction of sp³-hybridized carbons (Fsp3) is 0.500. The third-order valence-corrected chi connectivity index (χ3v) is 3.73. The zero-order chi connectivity index (χ0) is 13.1. The molecule has 0 aliphatic heterocycles. The van der Waals surface area contributed by atoms with Crippen LogP contribution in [0, 0.1) is 19.3 Å². The molecule has 0 radical (unpaired) electrons. The van der Waals surface area contributed by atoms with Gasteiger partial charge in [-0.15, -0.1) is 18.2 Å². The van der Waals surface area contributed by atoms with Gasteiger partial charge in [0.05, 0.1) is 7.11 Å². The molecule has 17 heavy (non-hydrogen) atoms. The zero-order valence-corrected chi connectivity index (χ0v) is 11.8. The molecule has 1 atom stereocenters. The molecule has 0 bridgehead atoms. The van der Waals surface area contributed by atoms with Crippen LogP contribution in [-0.4, -0.2) is 18.0 Å². The number of methoxy groups -OCH3 is 1. The Kier molecular flexibility index (Phi) is 4.58. The van der Waals surface area contributed by atoms with E-state index in [0.29, 0.717) is 5.88 Å². The summed E-state index contributed by atoms with van der Waals surface area (Å²) in [4.78, 5) is 4.48. The summed E-state index contributed by atoms with van der Waals surface area (Å²) >= 11 is 5.99. The van der Waals surface area contributed by atoms with Crippen molar-refractivity contribution in [3.8, 4) is 5.75 Å². The lowest BCUT2D eigenvalue weighted by molar-refractivity contribution is 0.404. The third kappa shape index (κ3) is 3.01. The molecule has 3 heteroatoms. The summed E-state index contributed by atoms with van der Waals surface area (Å²) in [6.45, 7) is 9.96. The van der Waals surface area contributed by atoms with Crippen LogP contribution < -0.4 is 4.74 Å². The fourth-order valence-corrected chi connectivity index (χ4v) is 2.01. The number of allylic oxidation sites excluding steroid dienone is 1. The first-order valence-corrected chi connectivity index (χ1v) is 6.19. The molecule has 1 aromatic rings. The maximum absolute atomic E-state index is 5.99. The average molecular weight is 254 g/mol. The van der Waals surface area contributed by atoms with Gasteiger partial charge in [-0.1, -0.05) is 13.0 Å². The summed E-state index contributed by atoms with van der Waals surface area (Å²) in [5.74, 6) is 1.45. The predicted molar refractivity (Wildman–Crippen MR) is 73.0 cm³/mol. The molecule has 2 nitrogen and oxygen atoms in total. The second kappa shape index (κ2) is 5.54. The monoisotopic (exact) mass is 253 g/mol. The van der Waals surface area contributed by atoms with Gasteiger partial charge in [0, 0.05) is 40.7 Å². The molecule has 0 aromatic carbocycles. The maximum atomic E-state index is 5.99. The first-order valence-electron chi connectivity index (χ1n) is 5.66. The highest BCUT2D eigenvalue weighted by atomic mass is 35.5. The second-order valence-electron chi connectivity index (χ2n) is 4.71. The van der Waals surface area contributed by atoms with Gasteiger partial charge in [0.1, 0.15) is 5.75 Å². The molecular formula is C14H20ClNO. The lowest BCUT2D eigenvalue weighted by Gasteiger charge is -2.23. The van der Waals surface area contributed by atoms with Crippen molar-refractivity contribution in [2.75, 3.05) is 13.0 Å². The number of alkyl halides is 1. The van der Waals surface area contributed by atoms with Crippen LogP contribution in [0.3, 0.4) is 0 Å². The Morgan fingerprint density at radius 3 is 2.65 bits per heavy atom. The molecule has 1 aromatic heterocycles. The Labute approximate surface area is 109 Å². The van der Waals surface area contributed by atoms with Gasteiger partial charge < -0.3 is 4.74 Å². The van der Waals surface area contributed by atoms with Crippen LogP contribution in [0.4, 0.5) is 0 Å². The number of halogens is 1. The number of hydrogen-bond acceptors (Lipinski definition) is 2. The van der Waals surface area contributed by atoms with Gasteiger partial charge >= 0.3 is 0 Å². The Bertz CT molecular complexity index is 417. The molecule has 1 rings (SSSR count). The van der Waals surface area contributed by atoms with E-state index in [2.05, 4.69) is 18.5 Å². The van der Waals surface area contributed by atoms with Crippen molar-refractivity contribution in [2.45, 2.75) is 27.2 Å². The van der Waals surface area contributed by atoms with E-state index in [-0.39, 0.29) is 5.41 Å². The van der Waals surface area contributed by atoms with Crippen molar-refractivity contribution in [2.24, 2.45) is 5.41 Å². The van der Waals surface area contributed by atoms with Gasteiger partial charge in [-0.05, 0) is 13.8 Å². The molecular weight excluding hydrogens is 234 g/mol. The van der Waals surface area contributed by atoms with E-state index < -0.39 is 0 Å². The van der Waals surface area contributed by atoms with E-state index in [9.17, 15) is 0 Å². The van der Waals surface area contributed by atoms with Crippen molar-refractivity contribution in [3.63, 3.8) is 0 Å². The zero-order valence-electron chi connectivity index (χ0n) is 11.0. The molecule has 0 N–H and O–H groups in total. The molecule has 0 saturated heterocycles. The Morgan fingerprint density at radius 2 is 2.18 bits per heavy atom. The lowest BCUT2D eigenvalue weighted by atomic mass is 9.86. The molecule has 1 heterocycles. The molecule has 0 amide bonds. The minimum absolute atomic E-state index is 0.125. The molecule has 0 aliphatic carbocycles. The summed E-state index contributed by atoms with van der Waals surface area (Å²) in [6, 6.07) is 0. The maximum Gasteiger partial charge on any atom is 0.128 e. The van der Waals surface area contributed by atoms with E-state index in [4.69, 9.17) is 16.3 Å². The number of pyridine rings is 1. The summed E-state index contributed by atoms with van der Waals surface area (Å²) in [5.41, 5.74) is 3.04. The first-order chi connectivity index (χ1) is 7.97. The molecule has 1 unspecified atom stereocenters. The first kappa shape index (κ1) is 14.0. The summed E-state index contributed by atoms with van der Waals surface area (Å²) < 4.78 is 5.40. The Balaban J connectivity index is 3.12. The van der Waals surface area contributed by atoms with E-state index >= 15 is 0 Å². The smallest absolute Gasteiger partial charge is 0.128 e. The SMILES string of the molecule is C=CC(C)(CCl)Cc1ncc(C)c(OC)c1C. The average Bonchev–Trinajstić information content (AvgIpc) is 2.33. The molecule has 0 saturated carbocycles. The van der Waals surface area contributed by atoms with Crippen LogP contribution in [0.25, 0.3) is 0 Å². The van der Waals surface area contributed by atoms with E-state index in [1.165, 1.54) is 0 Å². The summed E-state index contributed by atoms with van der Waals surface area (Å²) in [5, 5.41) is 0. The molecule has 94 valence electrons. The fourth-order valence-electron chi connectivity index (χ4n) is 1.81. The van der Waals surface area contributed by atoms with Gasteiger partial charge in [0.15, 0.2) is 0 Å².